The van der Waals surface area contributed by atoms with Crippen LogP contribution in [0.2, 0.25) is 5.02 Å². The molecule has 11 heteroatoms. The zero-order chi connectivity index (χ0) is 29.0. The summed E-state index contributed by atoms with van der Waals surface area (Å²) < 4.78 is 40.2. The van der Waals surface area contributed by atoms with E-state index in [0.717, 1.165) is 23.7 Å². The van der Waals surface area contributed by atoms with E-state index in [2.05, 4.69) is 15.3 Å². The molecule has 0 bridgehead atoms. The van der Waals surface area contributed by atoms with Crippen molar-refractivity contribution >= 4 is 28.9 Å². The number of aryl methyl sites for hydroxylation is 1. The van der Waals surface area contributed by atoms with Gasteiger partial charge in [-0.05, 0) is 64.3 Å². The number of hydrogen-bond acceptors (Lipinski definition) is 5. The van der Waals surface area contributed by atoms with Crippen LogP contribution in [0.1, 0.15) is 55.9 Å². The number of carbonyl (C=O) groups is 1. The van der Waals surface area contributed by atoms with Gasteiger partial charge in [0.05, 0.1) is 16.4 Å². The highest BCUT2D eigenvalue weighted by atomic mass is 35.5. The molecule has 0 saturated carbocycles. The van der Waals surface area contributed by atoms with Gasteiger partial charge >= 0.3 is 6.18 Å². The molecule has 3 rings (SSSR count). The normalized spacial score (nSPS) is 13.4. The van der Waals surface area contributed by atoms with Gasteiger partial charge in [0.25, 0.3) is 5.91 Å². The van der Waals surface area contributed by atoms with Crippen molar-refractivity contribution in [3.05, 3.63) is 70.6 Å². The van der Waals surface area contributed by atoms with Crippen LogP contribution in [0.3, 0.4) is 0 Å². The maximum Gasteiger partial charge on any atom is 0.429 e. The second kappa shape index (κ2) is 12.3. The summed E-state index contributed by atoms with van der Waals surface area (Å²) in [6.07, 6.45) is -1.95. The number of alkyl halides is 3. The van der Waals surface area contributed by atoms with Gasteiger partial charge in [0.15, 0.2) is 0 Å². The molecule has 0 fully saturated rings. The predicted octanol–water partition coefficient (Wildman–Crippen LogP) is 5.83. The van der Waals surface area contributed by atoms with E-state index < -0.39 is 29.4 Å². The summed E-state index contributed by atoms with van der Waals surface area (Å²) in [7, 11) is 0. The topological polar surface area (TPSA) is 99.7 Å². The molecule has 1 atom stereocenters. The summed E-state index contributed by atoms with van der Waals surface area (Å²) in [6.45, 7) is 6.71. The highest BCUT2D eigenvalue weighted by molar-refractivity contribution is 6.33. The van der Waals surface area contributed by atoms with Crippen LogP contribution in [0, 0.1) is 0 Å². The lowest BCUT2D eigenvalue weighted by molar-refractivity contribution is -0.0591. The Morgan fingerprint density at radius 2 is 1.85 bits per heavy atom. The van der Waals surface area contributed by atoms with E-state index in [0.29, 0.717) is 25.2 Å². The number of benzene rings is 2. The van der Waals surface area contributed by atoms with Crippen LogP contribution in [0.4, 0.5) is 18.9 Å². The molecule has 0 aliphatic rings. The lowest BCUT2D eigenvalue weighted by atomic mass is 10.0. The molecule has 2 aromatic carbocycles. The van der Waals surface area contributed by atoms with Crippen LogP contribution in [-0.2, 0) is 18.6 Å². The number of nitrogens with one attached hydrogen (secondary N) is 1. The van der Waals surface area contributed by atoms with E-state index in [1.54, 1.807) is 13.8 Å². The van der Waals surface area contributed by atoms with E-state index >= 15 is 0 Å². The monoisotopic (exact) mass is 564 g/mol. The van der Waals surface area contributed by atoms with Crippen molar-refractivity contribution in [1.29, 1.82) is 0 Å². The maximum absolute atomic E-state index is 12.8. The minimum absolute atomic E-state index is 0.0844. The Hall–Kier alpha value is -3.21. The van der Waals surface area contributed by atoms with Crippen molar-refractivity contribution < 1.29 is 28.2 Å². The van der Waals surface area contributed by atoms with Crippen molar-refractivity contribution in [2.24, 2.45) is 4.99 Å². The van der Waals surface area contributed by atoms with Gasteiger partial charge in [0.1, 0.15) is 17.1 Å². The van der Waals surface area contributed by atoms with Gasteiger partial charge in [-0.3, -0.25) is 4.79 Å². The third-order valence-electron chi connectivity index (χ3n) is 6.12. The number of aliphatic imine (C=N–C) groups is 1. The van der Waals surface area contributed by atoms with Crippen molar-refractivity contribution in [2.75, 3.05) is 6.61 Å². The molecule has 39 heavy (non-hydrogen) atoms. The summed E-state index contributed by atoms with van der Waals surface area (Å²) in [6, 6.07) is 11.1. The summed E-state index contributed by atoms with van der Waals surface area (Å²) in [4.78, 5) is 21.0. The Kier molecular flexibility index (Phi) is 9.58. The molecule has 1 heterocycles. The molecular formula is C28H32ClF3N4O3. The summed E-state index contributed by atoms with van der Waals surface area (Å²) in [5, 5.41) is 22.7. The van der Waals surface area contributed by atoms with Crippen molar-refractivity contribution in [1.82, 2.24) is 14.9 Å². The molecule has 1 aromatic heterocycles. The number of carbonyl (C=O) groups excluding carboxylic acids is 1. The van der Waals surface area contributed by atoms with Crippen LogP contribution in [-0.4, -0.2) is 50.2 Å². The first-order valence-corrected chi connectivity index (χ1v) is 12.8. The van der Waals surface area contributed by atoms with Crippen molar-refractivity contribution in [3.8, 4) is 11.3 Å². The zero-order valence-electron chi connectivity index (χ0n) is 22.2. The molecule has 210 valence electrons. The van der Waals surface area contributed by atoms with E-state index in [-0.39, 0.29) is 22.9 Å². The van der Waals surface area contributed by atoms with Gasteiger partial charge in [-0.25, -0.2) is 9.98 Å². The highest BCUT2D eigenvalue weighted by Crippen LogP contribution is 2.29. The highest BCUT2D eigenvalue weighted by Gasteiger charge is 2.32. The number of rotatable bonds is 10. The van der Waals surface area contributed by atoms with E-state index in [1.807, 2.05) is 42.0 Å². The lowest BCUT2D eigenvalue weighted by Crippen LogP contribution is -2.37. The SMILES string of the molecule is CCn1cc(-c2ccc(C[C@@H](CCO)NC(=O)c3ccc(/N=C(\C)C(F)(F)F)c(Cl)c3)cc2)nc1C(C)(C)O. The molecule has 0 saturated heterocycles. The first kappa shape index (κ1) is 30.3. The molecular weight excluding hydrogens is 533 g/mol. The summed E-state index contributed by atoms with van der Waals surface area (Å²) in [5.41, 5.74) is 0.467. The Balaban J connectivity index is 1.72. The summed E-state index contributed by atoms with van der Waals surface area (Å²) in [5.74, 6) is 0.101. The minimum atomic E-state index is -4.58. The second-order valence-electron chi connectivity index (χ2n) is 9.74. The van der Waals surface area contributed by atoms with Gasteiger partial charge in [-0.1, -0.05) is 35.9 Å². The minimum Gasteiger partial charge on any atom is -0.396 e. The lowest BCUT2D eigenvalue weighted by Gasteiger charge is -2.18. The average Bonchev–Trinajstić information content (AvgIpc) is 3.30. The zero-order valence-corrected chi connectivity index (χ0v) is 22.9. The number of halogens is 4. The summed E-state index contributed by atoms with van der Waals surface area (Å²) >= 11 is 6.09. The third-order valence-corrected chi connectivity index (χ3v) is 6.42. The van der Waals surface area contributed by atoms with Gasteiger partial charge in [-0.15, -0.1) is 0 Å². The van der Waals surface area contributed by atoms with Crippen LogP contribution >= 0.6 is 11.6 Å². The van der Waals surface area contributed by atoms with E-state index in [4.69, 9.17) is 11.6 Å². The Labute approximate surface area is 230 Å². The molecule has 0 aliphatic carbocycles. The van der Waals surface area contributed by atoms with Gasteiger partial charge in [-0.2, -0.15) is 13.2 Å². The standard InChI is InChI=1S/C28H32ClF3N4O3/c1-5-36-16-24(35-26(36)27(3,4)39)19-8-6-18(7-9-19)14-21(12-13-37)34-25(38)20-10-11-23(22(29)15-20)33-17(2)28(30,31)32/h6-11,15-16,21,37,39H,5,12-14H2,1-4H3,(H,34,38)/b33-17+/t21-/m1/s1. The molecule has 3 N–H and O–H groups in total. The number of amides is 1. The molecule has 0 radical (unpaired) electrons. The first-order valence-electron chi connectivity index (χ1n) is 12.5. The number of aromatic nitrogens is 2. The molecule has 1 amide bonds. The fourth-order valence-corrected chi connectivity index (χ4v) is 4.24. The number of aliphatic hydroxyl groups excluding tert-OH is 1. The van der Waals surface area contributed by atoms with Crippen LogP contribution in [0.25, 0.3) is 11.3 Å². The Bertz CT molecular complexity index is 1330. The van der Waals surface area contributed by atoms with Crippen molar-refractivity contribution in [2.45, 2.75) is 64.9 Å². The molecule has 7 nitrogen and oxygen atoms in total. The largest absolute Gasteiger partial charge is 0.429 e. The van der Waals surface area contributed by atoms with Gasteiger partial charge in [0.2, 0.25) is 0 Å². The van der Waals surface area contributed by atoms with Gasteiger partial charge < -0.3 is 20.1 Å². The quantitative estimate of drug-likeness (QED) is 0.270. The smallest absolute Gasteiger partial charge is 0.396 e. The van der Waals surface area contributed by atoms with Crippen LogP contribution in [0.5, 0.6) is 0 Å². The molecule has 3 aromatic rings. The second-order valence-corrected chi connectivity index (χ2v) is 10.1. The fraction of sp³-hybridized carbons (Fsp3) is 0.393. The number of hydrogen-bond donors (Lipinski definition) is 3. The number of aliphatic hydroxyl groups is 2. The number of imidazole rings is 1. The van der Waals surface area contributed by atoms with Crippen LogP contribution in [0.15, 0.2) is 53.7 Å². The van der Waals surface area contributed by atoms with E-state index in [9.17, 15) is 28.2 Å². The van der Waals surface area contributed by atoms with E-state index in [1.165, 1.54) is 18.2 Å². The maximum atomic E-state index is 12.8. The Morgan fingerprint density at radius 3 is 2.36 bits per heavy atom. The van der Waals surface area contributed by atoms with Gasteiger partial charge in [0, 0.05) is 36.5 Å². The van der Waals surface area contributed by atoms with Crippen molar-refractivity contribution in [3.63, 3.8) is 0 Å². The Morgan fingerprint density at radius 1 is 1.18 bits per heavy atom. The third kappa shape index (κ3) is 7.90. The molecule has 0 spiro atoms. The molecule has 0 unspecified atom stereocenters. The van der Waals surface area contributed by atoms with Crippen LogP contribution < -0.4 is 5.32 Å². The predicted molar refractivity (Wildman–Crippen MR) is 146 cm³/mol. The fourth-order valence-electron chi connectivity index (χ4n) is 4.01. The first-order chi connectivity index (χ1) is 18.2. The molecule has 0 aliphatic heterocycles. The average molecular weight is 565 g/mol. The number of nitrogens with zero attached hydrogens (tertiary/aromatic N) is 3.